The average Bonchev–Trinajstić information content (AvgIpc) is 3.27. The molecule has 1 aromatic carbocycles. The van der Waals surface area contributed by atoms with E-state index in [1.807, 2.05) is 0 Å². The van der Waals surface area contributed by atoms with Crippen molar-refractivity contribution in [1.82, 2.24) is 5.32 Å². The van der Waals surface area contributed by atoms with Crippen molar-refractivity contribution in [2.24, 2.45) is 5.92 Å². The third-order valence-electron chi connectivity index (χ3n) is 3.88. The van der Waals surface area contributed by atoms with E-state index in [2.05, 4.69) is 30.4 Å². The first kappa shape index (κ1) is 12.8. The van der Waals surface area contributed by atoms with Crippen LogP contribution in [-0.4, -0.2) is 19.8 Å². The van der Waals surface area contributed by atoms with E-state index in [1.165, 1.54) is 31.2 Å². The Kier molecular flexibility index (Phi) is 3.92. The first-order chi connectivity index (χ1) is 9.36. The lowest BCUT2D eigenvalue weighted by molar-refractivity contribution is 0.171. The summed E-state index contributed by atoms with van der Waals surface area (Å²) in [5.74, 6) is 2.71. The van der Waals surface area contributed by atoms with E-state index in [0.29, 0.717) is 19.3 Å². The lowest BCUT2D eigenvalue weighted by atomic mass is 10.0. The van der Waals surface area contributed by atoms with Gasteiger partial charge in [-0.15, -0.1) is 0 Å². The zero-order chi connectivity index (χ0) is 13.1. The van der Waals surface area contributed by atoms with Crippen LogP contribution in [0.5, 0.6) is 11.5 Å². The maximum atomic E-state index is 5.69. The molecule has 2 aliphatic rings. The minimum absolute atomic E-state index is 0.461. The summed E-state index contributed by atoms with van der Waals surface area (Å²) in [4.78, 5) is 0. The van der Waals surface area contributed by atoms with Crippen molar-refractivity contribution >= 4 is 0 Å². The van der Waals surface area contributed by atoms with Crippen LogP contribution >= 0.6 is 0 Å². The van der Waals surface area contributed by atoms with Gasteiger partial charge in [-0.05, 0) is 43.0 Å². The minimum atomic E-state index is 0.461. The Morgan fingerprint density at radius 3 is 2.74 bits per heavy atom. The van der Waals surface area contributed by atoms with E-state index in [4.69, 9.17) is 9.47 Å². The molecule has 3 nitrogen and oxygen atoms in total. The van der Waals surface area contributed by atoms with Crippen LogP contribution in [0.2, 0.25) is 0 Å². The lowest BCUT2D eigenvalue weighted by Crippen LogP contribution is -2.23. The van der Waals surface area contributed by atoms with Crippen LogP contribution in [0.1, 0.15) is 44.2 Å². The summed E-state index contributed by atoms with van der Waals surface area (Å²) in [5, 5.41) is 3.67. The van der Waals surface area contributed by atoms with Gasteiger partial charge in [0, 0.05) is 6.04 Å². The zero-order valence-corrected chi connectivity index (χ0v) is 11.7. The third kappa shape index (κ3) is 3.21. The zero-order valence-electron chi connectivity index (χ0n) is 11.7. The summed E-state index contributed by atoms with van der Waals surface area (Å²) in [6.07, 6.45) is 5.22. The van der Waals surface area contributed by atoms with E-state index >= 15 is 0 Å². The van der Waals surface area contributed by atoms with Crippen molar-refractivity contribution in [2.75, 3.05) is 19.8 Å². The maximum absolute atomic E-state index is 5.69. The van der Waals surface area contributed by atoms with E-state index in [1.54, 1.807) is 0 Å². The molecule has 0 saturated heterocycles. The van der Waals surface area contributed by atoms with Crippen molar-refractivity contribution in [3.8, 4) is 11.5 Å². The molecule has 1 unspecified atom stereocenters. The number of hydrogen-bond acceptors (Lipinski definition) is 3. The van der Waals surface area contributed by atoms with Crippen LogP contribution in [0, 0.1) is 5.92 Å². The van der Waals surface area contributed by atoms with Crippen molar-refractivity contribution in [3.63, 3.8) is 0 Å². The quantitative estimate of drug-likeness (QED) is 0.852. The van der Waals surface area contributed by atoms with Gasteiger partial charge >= 0.3 is 0 Å². The van der Waals surface area contributed by atoms with Crippen molar-refractivity contribution in [1.29, 1.82) is 0 Å². The third-order valence-corrected chi connectivity index (χ3v) is 3.88. The molecule has 104 valence electrons. The van der Waals surface area contributed by atoms with E-state index in [-0.39, 0.29) is 0 Å². The summed E-state index contributed by atoms with van der Waals surface area (Å²) in [5.41, 5.74) is 1.34. The molecule has 1 saturated carbocycles. The highest BCUT2D eigenvalue weighted by Gasteiger charge is 2.26. The molecule has 1 fully saturated rings. The number of fused-ring (bicyclic) bond motifs is 1. The largest absolute Gasteiger partial charge is 0.486 e. The van der Waals surface area contributed by atoms with Crippen LogP contribution < -0.4 is 14.8 Å². The van der Waals surface area contributed by atoms with Crippen LogP contribution in [-0.2, 0) is 0 Å². The Morgan fingerprint density at radius 1 is 1.21 bits per heavy atom. The van der Waals surface area contributed by atoms with Gasteiger partial charge in [-0.1, -0.05) is 25.8 Å². The Labute approximate surface area is 115 Å². The van der Waals surface area contributed by atoms with Crippen LogP contribution in [0.4, 0.5) is 0 Å². The molecule has 0 spiro atoms. The average molecular weight is 261 g/mol. The van der Waals surface area contributed by atoms with Gasteiger partial charge in [-0.25, -0.2) is 0 Å². The molecule has 3 heteroatoms. The topological polar surface area (TPSA) is 30.5 Å². The van der Waals surface area contributed by atoms with Crippen molar-refractivity contribution in [3.05, 3.63) is 23.8 Å². The van der Waals surface area contributed by atoms with E-state index < -0.39 is 0 Å². The van der Waals surface area contributed by atoms with Gasteiger partial charge in [-0.3, -0.25) is 0 Å². The molecule has 0 amide bonds. The van der Waals surface area contributed by atoms with Gasteiger partial charge in [0.2, 0.25) is 0 Å². The molecule has 1 aliphatic heterocycles. The summed E-state index contributed by atoms with van der Waals surface area (Å²) in [6, 6.07) is 6.85. The molecule has 1 heterocycles. The number of ether oxygens (including phenoxy) is 2. The second-order valence-electron chi connectivity index (χ2n) is 5.59. The molecule has 0 radical (unpaired) electrons. The minimum Gasteiger partial charge on any atom is -0.486 e. The predicted molar refractivity (Wildman–Crippen MR) is 75.8 cm³/mol. The standard InChI is InChI=1S/C16H23NO2/c1-2-7-17-14(10-12-3-4-12)13-5-6-15-16(11-13)19-9-8-18-15/h5-6,11-12,14,17H,2-4,7-10H2,1H3. The predicted octanol–water partition coefficient (Wildman–Crippen LogP) is 3.30. The maximum Gasteiger partial charge on any atom is 0.161 e. The Hall–Kier alpha value is -1.22. The van der Waals surface area contributed by atoms with E-state index in [9.17, 15) is 0 Å². The van der Waals surface area contributed by atoms with Gasteiger partial charge in [0.05, 0.1) is 0 Å². The van der Waals surface area contributed by atoms with Gasteiger partial charge in [0.1, 0.15) is 13.2 Å². The Bertz CT molecular complexity index is 429. The fourth-order valence-electron chi connectivity index (χ4n) is 2.62. The second-order valence-corrected chi connectivity index (χ2v) is 5.59. The smallest absolute Gasteiger partial charge is 0.161 e. The summed E-state index contributed by atoms with van der Waals surface area (Å²) < 4.78 is 11.3. The summed E-state index contributed by atoms with van der Waals surface area (Å²) in [6.45, 7) is 4.61. The van der Waals surface area contributed by atoms with Crippen molar-refractivity contribution < 1.29 is 9.47 Å². The number of hydrogen-bond donors (Lipinski definition) is 1. The van der Waals surface area contributed by atoms with Crippen molar-refractivity contribution in [2.45, 2.75) is 38.6 Å². The highest BCUT2D eigenvalue weighted by atomic mass is 16.6. The molecular formula is C16H23NO2. The van der Waals surface area contributed by atoms with Crippen LogP contribution in [0.3, 0.4) is 0 Å². The van der Waals surface area contributed by atoms with Gasteiger partial charge in [0.15, 0.2) is 11.5 Å². The normalized spacial score (nSPS) is 19.2. The SMILES string of the molecule is CCCNC(CC1CC1)c1ccc2c(c1)OCCO2. The number of rotatable bonds is 6. The van der Waals surface area contributed by atoms with E-state index in [0.717, 1.165) is 24.0 Å². The molecule has 1 atom stereocenters. The first-order valence-corrected chi connectivity index (χ1v) is 7.49. The number of benzene rings is 1. The van der Waals surface area contributed by atoms with Gasteiger partial charge in [-0.2, -0.15) is 0 Å². The molecule has 0 bridgehead atoms. The molecule has 3 rings (SSSR count). The Morgan fingerprint density at radius 2 is 2.00 bits per heavy atom. The molecule has 1 aromatic rings. The van der Waals surface area contributed by atoms with Crippen LogP contribution in [0.25, 0.3) is 0 Å². The number of nitrogens with one attached hydrogen (secondary N) is 1. The monoisotopic (exact) mass is 261 g/mol. The molecule has 1 aliphatic carbocycles. The molecule has 19 heavy (non-hydrogen) atoms. The van der Waals surface area contributed by atoms with Gasteiger partial charge in [0.25, 0.3) is 0 Å². The van der Waals surface area contributed by atoms with Crippen LogP contribution in [0.15, 0.2) is 18.2 Å². The summed E-state index contributed by atoms with van der Waals surface area (Å²) >= 11 is 0. The lowest BCUT2D eigenvalue weighted by Gasteiger charge is -2.23. The highest BCUT2D eigenvalue weighted by Crippen LogP contribution is 2.39. The Balaban J connectivity index is 1.75. The van der Waals surface area contributed by atoms with Gasteiger partial charge < -0.3 is 14.8 Å². The fraction of sp³-hybridized carbons (Fsp3) is 0.625. The second kappa shape index (κ2) is 5.83. The summed E-state index contributed by atoms with van der Waals surface area (Å²) in [7, 11) is 0. The molecule has 1 N–H and O–H groups in total. The first-order valence-electron chi connectivity index (χ1n) is 7.49. The molecule has 0 aromatic heterocycles. The fourth-order valence-corrected chi connectivity index (χ4v) is 2.62. The highest BCUT2D eigenvalue weighted by molar-refractivity contribution is 5.44. The molecular weight excluding hydrogens is 238 g/mol.